The van der Waals surface area contributed by atoms with Gasteiger partial charge in [0.15, 0.2) is 0 Å². The van der Waals surface area contributed by atoms with Crippen molar-refractivity contribution < 1.29 is 9.59 Å². The lowest BCUT2D eigenvalue weighted by Gasteiger charge is -2.15. The number of rotatable bonds is 5. The molecule has 0 spiro atoms. The fraction of sp³-hybridized carbons (Fsp3) is 0.421. The predicted molar refractivity (Wildman–Crippen MR) is 99.0 cm³/mol. The molecule has 0 saturated carbocycles. The van der Waals surface area contributed by atoms with Gasteiger partial charge in [-0.1, -0.05) is 19.1 Å². The van der Waals surface area contributed by atoms with Gasteiger partial charge in [0.05, 0.1) is 10.7 Å². The molecule has 1 aromatic heterocycles. The minimum absolute atomic E-state index is 0.0908. The zero-order chi connectivity index (χ0) is 17.8. The van der Waals surface area contributed by atoms with Crippen molar-refractivity contribution in [3.8, 4) is 0 Å². The van der Waals surface area contributed by atoms with Crippen molar-refractivity contribution in [1.82, 2.24) is 15.2 Å². The third-order valence-corrected chi connectivity index (χ3v) is 5.70. The Labute approximate surface area is 152 Å². The Morgan fingerprint density at radius 1 is 1.20 bits per heavy atom. The number of aromatic nitrogens is 1. The molecule has 0 atom stereocenters. The number of thiazole rings is 1. The molecular weight excluding hydrogens is 334 g/mol. The summed E-state index contributed by atoms with van der Waals surface area (Å²) >= 11 is 1.45. The van der Waals surface area contributed by atoms with Crippen LogP contribution in [0.3, 0.4) is 0 Å². The van der Waals surface area contributed by atoms with Crippen LogP contribution in [0.15, 0.2) is 24.3 Å². The third kappa shape index (κ3) is 4.07. The monoisotopic (exact) mass is 357 g/mol. The van der Waals surface area contributed by atoms with Gasteiger partial charge in [-0.25, -0.2) is 4.98 Å². The van der Waals surface area contributed by atoms with Crippen molar-refractivity contribution in [2.45, 2.75) is 39.7 Å². The van der Waals surface area contributed by atoms with Crippen molar-refractivity contribution in [3.63, 3.8) is 0 Å². The second-order valence-corrected chi connectivity index (χ2v) is 7.34. The highest BCUT2D eigenvalue weighted by molar-refractivity contribution is 7.13. The van der Waals surface area contributed by atoms with E-state index < -0.39 is 0 Å². The molecule has 132 valence electrons. The summed E-state index contributed by atoms with van der Waals surface area (Å²) in [5.74, 6) is 0.00684. The first-order valence-electron chi connectivity index (χ1n) is 8.71. The molecule has 1 aliphatic heterocycles. The van der Waals surface area contributed by atoms with Crippen LogP contribution >= 0.6 is 11.3 Å². The highest BCUT2D eigenvalue weighted by Gasteiger charge is 2.19. The molecule has 2 aromatic rings. The van der Waals surface area contributed by atoms with Gasteiger partial charge >= 0.3 is 0 Å². The Bertz CT molecular complexity index is 761. The van der Waals surface area contributed by atoms with E-state index in [2.05, 4.69) is 10.3 Å². The molecule has 1 fully saturated rings. The summed E-state index contributed by atoms with van der Waals surface area (Å²) in [6, 6.07) is 7.49. The predicted octanol–water partition coefficient (Wildman–Crippen LogP) is 3.18. The number of aryl methyl sites for hydroxylation is 2. The van der Waals surface area contributed by atoms with Crippen LogP contribution in [0.25, 0.3) is 0 Å². The van der Waals surface area contributed by atoms with Crippen molar-refractivity contribution in [1.29, 1.82) is 0 Å². The summed E-state index contributed by atoms with van der Waals surface area (Å²) in [6.07, 6.45) is 3.02. The standard InChI is InChI=1S/C19H23N3O2S/c1-3-16-21-13(2)17(25-16)18(23)20-12-14-6-8-15(9-7-14)19(24)22-10-4-5-11-22/h6-9H,3-5,10-12H2,1-2H3,(H,20,23). The molecule has 1 aromatic carbocycles. The Kier molecular flexibility index (Phi) is 5.48. The molecule has 6 heteroatoms. The zero-order valence-electron chi connectivity index (χ0n) is 14.7. The smallest absolute Gasteiger partial charge is 0.263 e. The van der Waals surface area contributed by atoms with Crippen LogP contribution in [0, 0.1) is 6.92 Å². The molecule has 5 nitrogen and oxygen atoms in total. The van der Waals surface area contributed by atoms with E-state index in [4.69, 9.17) is 0 Å². The fourth-order valence-corrected chi connectivity index (χ4v) is 3.87. The van der Waals surface area contributed by atoms with E-state index in [0.717, 1.165) is 48.6 Å². The van der Waals surface area contributed by atoms with Gasteiger partial charge in [-0.3, -0.25) is 9.59 Å². The fourth-order valence-electron chi connectivity index (χ4n) is 2.94. The molecule has 2 amide bonds. The molecule has 0 aliphatic carbocycles. The number of benzene rings is 1. The lowest BCUT2D eigenvalue weighted by molar-refractivity contribution is 0.0792. The number of carbonyl (C=O) groups is 2. The number of likely N-dealkylation sites (tertiary alicyclic amines) is 1. The lowest BCUT2D eigenvalue weighted by atomic mass is 10.1. The van der Waals surface area contributed by atoms with Gasteiger partial charge in [-0.15, -0.1) is 11.3 Å². The van der Waals surface area contributed by atoms with Crippen LogP contribution in [0.4, 0.5) is 0 Å². The Morgan fingerprint density at radius 3 is 2.48 bits per heavy atom. The van der Waals surface area contributed by atoms with Crippen molar-refractivity contribution in [2.24, 2.45) is 0 Å². The maximum absolute atomic E-state index is 12.3. The SMILES string of the molecule is CCc1nc(C)c(C(=O)NCc2ccc(C(=O)N3CCCC3)cc2)s1. The normalized spacial score (nSPS) is 13.9. The van der Waals surface area contributed by atoms with E-state index >= 15 is 0 Å². The van der Waals surface area contributed by atoms with Gasteiger partial charge in [-0.05, 0) is 43.9 Å². The molecule has 3 rings (SSSR count). The highest BCUT2D eigenvalue weighted by Crippen LogP contribution is 2.18. The quantitative estimate of drug-likeness (QED) is 0.894. The average molecular weight is 357 g/mol. The molecule has 0 bridgehead atoms. The topological polar surface area (TPSA) is 62.3 Å². The van der Waals surface area contributed by atoms with Gasteiger partial charge in [0.25, 0.3) is 11.8 Å². The van der Waals surface area contributed by atoms with Crippen LogP contribution in [0.1, 0.15) is 56.1 Å². The summed E-state index contributed by atoms with van der Waals surface area (Å²) in [5.41, 5.74) is 2.47. The number of nitrogens with one attached hydrogen (secondary N) is 1. The first-order chi connectivity index (χ1) is 12.1. The van der Waals surface area contributed by atoms with E-state index in [1.807, 2.05) is 43.0 Å². The average Bonchev–Trinajstić information content (AvgIpc) is 3.29. The molecular formula is C19H23N3O2S. The summed E-state index contributed by atoms with van der Waals surface area (Å²) in [6.45, 7) is 6.04. The van der Waals surface area contributed by atoms with Crippen LogP contribution in [-0.2, 0) is 13.0 Å². The second kappa shape index (κ2) is 7.78. The molecule has 2 heterocycles. The van der Waals surface area contributed by atoms with E-state index in [1.165, 1.54) is 11.3 Å². The summed E-state index contributed by atoms with van der Waals surface area (Å²) in [5, 5.41) is 3.91. The Balaban J connectivity index is 1.58. The number of carbonyl (C=O) groups excluding carboxylic acids is 2. The van der Waals surface area contributed by atoms with Gasteiger partial charge in [0, 0.05) is 25.2 Å². The minimum atomic E-state index is -0.0908. The van der Waals surface area contributed by atoms with E-state index in [0.29, 0.717) is 17.0 Å². The van der Waals surface area contributed by atoms with Crippen molar-refractivity contribution in [3.05, 3.63) is 51.0 Å². The molecule has 1 saturated heterocycles. The minimum Gasteiger partial charge on any atom is -0.347 e. The summed E-state index contributed by atoms with van der Waals surface area (Å²) < 4.78 is 0. The van der Waals surface area contributed by atoms with Gasteiger partial charge in [-0.2, -0.15) is 0 Å². The maximum atomic E-state index is 12.3. The first kappa shape index (κ1) is 17.6. The molecule has 25 heavy (non-hydrogen) atoms. The van der Waals surface area contributed by atoms with Crippen molar-refractivity contribution in [2.75, 3.05) is 13.1 Å². The van der Waals surface area contributed by atoms with E-state index in [1.54, 1.807) is 0 Å². The van der Waals surface area contributed by atoms with E-state index in [9.17, 15) is 9.59 Å². The zero-order valence-corrected chi connectivity index (χ0v) is 15.5. The third-order valence-electron chi connectivity index (χ3n) is 4.40. The summed E-state index contributed by atoms with van der Waals surface area (Å²) in [7, 11) is 0. The number of amides is 2. The number of hydrogen-bond acceptors (Lipinski definition) is 4. The van der Waals surface area contributed by atoms with Crippen LogP contribution in [0.2, 0.25) is 0 Å². The number of hydrogen-bond donors (Lipinski definition) is 1. The van der Waals surface area contributed by atoms with Gasteiger partial charge < -0.3 is 10.2 Å². The number of nitrogens with zero attached hydrogens (tertiary/aromatic N) is 2. The molecule has 1 N–H and O–H groups in total. The molecule has 1 aliphatic rings. The highest BCUT2D eigenvalue weighted by atomic mass is 32.1. The van der Waals surface area contributed by atoms with Gasteiger partial charge in [0.1, 0.15) is 4.88 Å². The van der Waals surface area contributed by atoms with Gasteiger partial charge in [0.2, 0.25) is 0 Å². The van der Waals surface area contributed by atoms with Crippen molar-refractivity contribution >= 4 is 23.2 Å². The molecule has 0 radical (unpaired) electrons. The lowest BCUT2D eigenvalue weighted by Crippen LogP contribution is -2.27. The Morgan fingerprint density at radius 2 is 1.88 bits per heavy atom. The first-order valence-corrected chi connectivity index (χ1v) is 9.53. The largest absolute Gasteiger partial charge is 0.347 e. The molecule has 0 unspecified atom stereocenters. The summed E-state index contributed by atoms with van der Waals surface area (Å²) in [4.78, 5) is 31.6. The van der Waals surface area contributed by atoms with Crippen LogP contribution < -0.4 is 5.32 Å². The van der Waals surface area contributed by atoms with Crippen LogP contribution in [0.5, 0.6) is 0 Å². The van der Waals surface area contributed by atoms with E-state index in [-0.39, 0.29) is 11.8 Å². The maximum Gasteiger partial charge on any atom is 0.263 e. The van der Waals surface area contributed by atoms with Crippen LogP contribution in [-0.4, -0.2) is 34.8 Å². The second-order valence-electron chi connectivity index (χ2n) is 6.25. The Hall–Kier alpha value is -2.21.